The molecule has 236 valence electrons. The third kappa shape index (κ3) is 7.26. The Bertz CT molecular complexity index is 1430. The standard InChI is InChI=1S/C33H41F2N5O4/c1-38(2)11-12-39(19-30(36)41)32(43)9-10-40-29(23-6-8-27(34)28(35)15-23)16-22-5-7-25(18-26(22)33(40)44)37-31(42)17-24-14-20-3-4-21(24)13-20/h5-8,15,18,20-21,24,29H,3-4,9-14,16-17,19H2,1-2H3,(H2,36,41)(H,37,42)/t20-,21-,24?,29?/m1/s1. The van der Waals surface area contributed by atoms with E-state index in [1.54, 1.807) is 18.2 Å². The molecule has 2 unspecified atom stereocenters. The Morgan fingerprint density at radius 2 is 1.82 bits per heavy atom. The van der Waals surface area contributed by atoms with E-state index in [2.05, 4.69) is 5.32 Å². The number of nitrogens with zero attached hydrogens (tertiary/aromatic N) is 3. The molecular formula is C33H41F2N5O4. The number of amides is 4. The van der Waals surface area contributed by atoms with Gasteiger partial charge >= 0.3 is 0 Å². The molecular weight excluding hydrogens is 568 g/mol. The highest BCUT2D eigenvalue weighted by molar-refractivity contribution is 6.00. The molecule has 0 aromatic heterocycles. The summed E-state index contributed by atoms with van der Waals surface area (Å²) >= 11 is 0. The van der Waals surface area contributed by atoms with Gasteiger partial charge in [-0.05, 0) is 92.9 Å². The van der Waals surface area contributed by atoms with Crippen LogP contribution in [0.4, 0.5) is 14.5 Å². The van der Waals surface area contributed by atoms with Gasteiger partial charge in [0.25, 0.3) is 5.91 Å². The van der Waals surface area contributed by atoms with E-state index < -0.39 is 23.6 Å². The summed E-state index contributed by atoms with van der Waals surface area (Å²) in [6.45, 7) is 0.534. The predicted octanol–water partition coefficient (Wildman–Crippen LogP) is 3.73. The van der Waals surface area contributed by atoms with E-state index in [1.807, 2.05) is 19.0 Å². The molecule has 2 aliphatic carbocycles. The first-order valence-corrected chi connectivity index (χ1v) is 15.4. The fraction of sp³-hybridized carbons (Fsp3) is 0.515. The van der Waals surface area contributed by atoms with Crippen molar-refractivity contribution in [3.63, 3.8) is 0 Å². The van der Waals surface area contributed by atoms with Crippen molar-refractivity contribution < 1.29 is 28.0 Å². The summed E-state index contributed by atoms with van der Waals surface area (Å²) in [5.41, 5.74) is 7.39. The van der Waals surface area contributed by atoms with Gasteiger partial charge in [0.1, 0.15) is 0 Å². The Labute approximate surface area is 256 Å². The molecule has 5 rings (SSSR count). The summed E-state index contributed by atoms with van der Waals surface area (Å²) in [6.07, 6.45) is 5.47. The van der Waals surface area contributed by atoms with Crippen molar-refractivity contribution in [1.82, 2.24) is 14.7 Å². The van der Waals surface area contributed by atoms with E-state index in [0.717, 1.165) is 24.5 Å². The zero-order valence-corrected chi connectivity index (χ0v) is 25.4. The Morgan fingerprint density at radius 1 is 1.02 bits per heavy atom. The van der Waals surface area contributed by atoms with Crippen LogP contribution >= 0.6 is 0 Å². The molecule has 11 heteroatoms. The van der Waals surface area contributed by atoms with Gasteiger partial charge in [-0.15, -0.1) is 0 Å². The van der Waals surface area contributed by atoms with Crippen molar-refractivity contribution >= 4 is 29.3 Å². The highest BCUT2D eigenvalue weighted by atomic mass is 19.2. The lowest BCUT2D eigenvalue weighted by Crippen LogP contribution is -2.45. The number of hydrogen-bond donors (Lipinski definition) is 2. The zero-order chi connectivity index (χ0) is 31.5. The Morgan fingerprint density at radius 3 is 2.48 bits per heavy atom. The molecule has 3 aliphatic rings. The predicted molar refractivity (Wildman–Crippen MR) is 161 cm³/mol. The van der Waals surface area contributed by atoms with Gasteiger partial charge in [-0.1, -0.05) is 18.6 Å². The molecule has 2 aromatic carbocycles. The minimum Gasteiger partial charge on any atom is -0.368 e. The number of hydrogen-bond acceptors (Lipinski definition) is 5. The molecule has 3 N–H and O–H groups in total. The zero-order valence-electron chi connectivity index (χ0n) is 25.4. The van der Waals surface area contributed by atoms with E-state index in [4.69, 9.17) is 5.73 Å². The average Bonchev–Trinajstić information content (AvgIpc) is 3.59. The van der Waals surface area contributed by atoms with Crippen molar-refractivity contribution in [1.29, 1.82) is 0 Å². The molecule has 0 spiro atoms. The molecule has 2 bridgehead atoms. The second-order valence-corrected chi connectivity index (χ2v) is 12.8. The van der Waals surface area contributed by atoms with E-state index >= 15 is 0 Å². The Kier molecular flexibility index (Phi) is 9.62. The molecule has 2 aromatic rings. The van der Waals surface area contributed by atoms with Gasteiger partial charge in [-0.3, -0.25) is 19.2 Å². The highest BCUT2D eigenvalue weighted by Gasteiger charge is 2.40. The number of nitrogens with one attached hydrogen (secondary N) is 1. The molecule has 2 fully saturated rings. The minimum absolute atomic E-state index is 0.0151. The van der Waals surface area contributed by atoms with E-state index in [-0.39, 0.29) is 43.8 Å². The molecule has 1 aliphatic heterocycles. The third-order valence-corrected chi connectivity index (χ3v) is 9.42. The summed E-state index contributed by atoms with van der Waals surface area (Å²) in [5, 5.41) is 2.97. The third-order valence-electron chi connectivity index (χ3n) is 9.42. The number of halogens is 2. The largest absolute Gasteiger partial charge is 0.368 e. The number of benzene rings is 2. The van der Waals surface area contributed by atoms with Crippen molar-refractivity contribution in [2.45, 2.75) is 51.0 Å². The lowest BCUT2D eigenvalue weighted by Gasteiger charge is -2.37. The molecule has 44 heavy (non-hydrogen) atoms. The number of primary amides is 1. The number of nitrogens with two attached hydrogens (primary N) is 1. The average molecular weight is 610 g/mol. The molecule has 4 atom stereocenters. The van der Waals surface area contributed by atoms with Gasteiger partial charge in [0, 0.05) is 43.7 Å². The Balaban J connectivity index is 1.34. The SMILES string of the molecule is CN(C)CCN(CC(N)=O)C(=O)CCN1C(=O)c2cc(NC(=O)CC3C[C@@H]4CC[C@@H]3C4)ccc2CC1c1ccc(F)c(F)c1. The monoisotopic (exact) mass is 609 g/mol. The normalized spacial score (nSPS) is 22.3. The van der Waals surface area contributed by atoms with Crippen molar-refractivity contribution in [2.75, 3.05) is 45.6 Å². The molecule has 0 saturated heterocycles. The maximum absolute atomic E-state index is 14.3. The van der Waals surface area contributed by atoms with Crippen LogP contribution in [0, 0.1) is 29.4 Å². The molecule has 1 heterocycles. The van der Waals surface area contributed by atoms with Crippen LogP contribution in [0.3, 0.4) is 0 Å². The van der Waals surface area contributed by atoms with Crippen LogP contribution in [0.2, 0.25) is 0 Å². The minimum atomic E-state index is -1.03. The van der Waals surface area contributed by atoms with E-state index in [1.165, 1.54) is 35.1 Å². The molecule has 0 radical (unpaired) electrons. The quantitative estimate of drug-likeness (QED) is 0.381. The number of rotatable bonds is 12. The maximum Gasteiger partial charge on any atom is 0.254 e. The first-order chi connectivity index (χ1) is 21.0. The first-order valence-electron chi connectivity index (χ1n) is 15.4. The number of anilines is 1. The summed E-state index contributed by atoms with van der Waals surface area (Å²) in [7, 11) is 3.69. The topological polar surface area (TPSA) is 116 Å². The number of fused-ring (bicyclic) bond motifs is 3. The van der Waals surface area contributed by atoms with Crippen molar-refractivity contribution in [3.05, 3.63) is 64.7 Å². The number of carbonyl (C=O) groups excluding carboxylic acids is 4. The second kappa shape index (κ2) is 13.4. The van der Waals surface area contributed by atoms with E-state index in [9.17, 15) is 28.0 Å². The van der Waals surface area contributed by atoms with Crippen LogP contribution in [0.5, 0.6) is 0 Å². The van der Waals surface area contributed by atoms with Gasteiger partial charge in [0.2, 0.25) is 17.7 Å². The van der Waals surface area contributed by atoms with E-state index in [0.29, 0.717) is 53.6 Å². The summed E-state index contributed by atoms with van der Waals surface area (Å²) in [5.74, 6) is -1.69. The number of carbonyl (C=O) groups is 4. The van der Waals surface area contributed by atoms with Gasteiger partial charge in [0.05, 0.1) is 12.6 Å². The fourth-order valence-electron chi connectivity index (χ4n) is 7.17. The number of likely N-dealkylation sites (N-methyl/N-ethyl adjacent to an activating group) is 1. The Hall–Kier alpha value is -3.86. The highest BCUT2D eigenvalue weighted by Crippen LogP contribution is 2.49. The van der Waals surface area contributed by atoms with Crippen molar-refractivity contribution in [3.8, 4) is 0 Å². The van der Waals surface area contributed by atoms with Crippen LogP contribution in [0.25, 0.3) is 0 Å². The lowest BCUT2D eigenvalue weighted by molar-refractivity contribution is -0.135. The fourth-order valence-corrected chi connectivity index (χ4v) is 7.17. The van der Waals surface area contributed by atoms with Gasteiger partial charge in [0.15, 0.2) is 11.6 Å². The summed E-state index contributed by atoms with van der Waals surface area (Å²) in [4.78, 5) is 56.5. The van der Waals surface area contributed by atoms with Crippen LogP contribution in [-0.4, -0.2) is 78.6 Å². The van der Waals surface area contributed by atoms with Crippen LogP contribution in [-0.2, 0) is 20.8 Å². The second-order valence-electron chi connectivity index (χ2n) is 12.8. The maximum atomic E-state index is 14.3. The molecule has 4 amide bonds. The van der Waals surface area contributed by atoms with Gasteiger partial charge in [-0.2, -0.15) is 0 Å². The van der Waals surface area contributed by atoms with Crippen LogP contribution in [0.1, 0.15) is 66.1 Å². The summed E-state index contributed by atoms with van der Waals surface area (Å²) in [6, 6.07) is 8.10. The first kappa shape index (κ1) is 31.6. The smallest absolute Gasteiger partial charge is 0.254 e. The molecule has 9 nitrogen and oxygen atoms in total. The van der Waals surface area contributed by atoms with Crippen LogP contribution < -0.4 is 11.1 Å². The molecule has 2 saturated carbocycles. The lowest BCUT2D eigenvalue weighted by atomic mass is 9.86. The van der Waals surface area contributed by atoms with Gasteiger partial charge in [-0.25, -0.2) is 8.78 Å². The van der Waals surface area contributed by atoms with Crippen LogP contribution in [0.15, 0.2) is 36.4 Å². The summed E-state index contributed by atoms with van der Waals surface area (Å²) < 4.78 is 28.1. The van der Waals surface area contributed by atoms with Crippen molar-refractivity contribution in [2.24, 2.45) is 23.5 Å². The van der Waals surface area contributed by atoms with Gasteiger partial charge < -0.3 is 25.8 Å².